The molecule has 0 bridgehead atoms. The number of anilines is 3. The van der Waals surface area contributed by atoms with Gasteiger partial charge in [-0.1, -0.05) is 60.7 Å². The minimum Gasteiger partial charge on any atom is -0.310 e. The Hall–Kier alpha value is -4.42. The quantitative estimate of drug-likeness (QED) is 0.172. The summed E-state index contributed by atoms with van der Waals surface area (Å²) in [6, 6.07) is 49.5. The second kappa shape index (κ2) is 10.3. The largest absolute Gasteiger partial charge is 0.310 e. The molecule has 0 saturated heterocycles. The molecule has 0 radical (unpaired) electrons. The maximum absolute atomic E-state index is 13.8. The highest BCUT2D eigenvalue weighted by atomic mass is 127. The number of para-hydroxylation sites is 1. The zero-order chi connectivity index (χ0) is 27.1. The van der Waals surface area contributed by atoms with Gasteiger partial charge in [-0.15, -0.1) is 0 Å². The summed E-state index contributed by atoms with van der Waals surface area (Å²) >= 11 is 2.35. The molecule has 0 N–H and O–H groups in total. The molecule has 0 amide bonds. The third-order valence-electron chi connectivity index (χ3n) is 7.32. The summed E-state index contributed by atoms with van der Waals surface area (Å²) in [6.45, 7) is 0. The van der Waals surface area contributed by atoms with Crippen LogP contribution < -0.4 is 4.90 Å². The van der Waals surface area contributed by atoms with Gasteiger partial charge in [0.05, 0.1) is 11.0 Å². The van der Waals surface area contributed by atoms with Gasteiger partial charge in [-0.3, -0.25) is 0 Å². The molecular formula is C36H24FIN2. The SMILES string of the molecule is Fc1ccc(-n2c3ccccc3c3cc(N(c4ccc(I)cc4)c4ccc(-c5ccccc5)cc4)ccc32)cc1. The van der Waals surface area contributed by atoms with Crippen molar-refractivity contribution in [1.29, 1.82) is 0 Å². The van der Waals surface area contributed by atoms with Crippen molar-refractivity contribution in [3.05, 3.63) is 155 Å². The van der Waals surface area contributed by atoms with Crippen molar-refractivity contribution in [1.82, 2.24) is 4.57 Å². The van der Waals surface area contributed by atoms with Crippen LogP contribution in [0.1, 0.15) is 0 Å². The van der Waals surface area contributed by atoms with Crippen LogP contribution in [0.4, 0.5) is 21.5 Å². The van der Waals surface area contributed by atoms with E-state index in [2.05, 4.69) is 141 Å². The molecule has 4 heteroatoms. The third kappa shape index (κ3) is 4.44. The van der Waals surface area contributed by atoms with Crippen molar-refractivity contribution in [2.24, 2.45) is 0 Å². The smallest absolute Gasteiger partial charge is 0.123 e. The summed E-state index contributed by atoms with van der Waals surface area (Å²) in [4.78, 5) is 2.30. The summed E-state index contributed by atoms with van der Waals surface area (Å²) in [5.41, 5.74) is 8.74. The van der Waals surface area contributed by atoms with Crippen LogP contribution >= 0.6 is 22.6 Å². The predicted octanol–water partition coefficient (Wildman–Crippen LogP) is 10.7. The second-order valence-corrected chi connectivity index (χ2v) is 11.0. The van der Waals surface area contributed by atoms with E-state index >= 15 is 0 Å². The summed E-state index contributed by atoms with van der Waals surface area (Å²) in [5, 5.41) is 2.31. The predicted molar refractivity (Wildman–Crippen MR) is 174 cm³/mol. The van der Waals surface area contributed by atoms with Crippen molar-refractivity contribution in [2.75, 3.05) is 4.90 Å². The van der Waals surface area contributed by atoms with Crippen molar-refractivity contribution in [3.63, 3.8) is 0 Å². The van der Waals surface area contributed by atoms with E-state index < -0.39 is 0 Å². The van der Waals surface area contributed by atoms with Gasteiger partial charge in [0.1, 0.15) is 5.82 Å². The lowest BCUT2D eigenvalue weighted by Gasteiger charge is -2.26. The molecule has 0 atom stereocenters. The number of halogens is 2. The molecular weight excluding hydrogens is 606 g/mol. The van der Waals surface area contributed by atoms with Gasteiger partial charge in [0.25, 0.3) is 0 Å². The number of aromatic nitrogens is 1. The molecule has 7 aromatic rings. The molecule has 2 nitrogen and oxygen atoms in total. The van der Waals surface area contributed by atoms with Crippen molar-refractivity contribution >= 4 is 61.5 Å². The van der Waals surface area contributed by atoms with Crippen LogP contribution in [0.3, 0.4) is 0 Å². The summed E-state index contributed by atoms with van der Waals surface area (Å²) in [6.07, 6.45) is 0. The summed E-state index contributed by atoms with van der Waals surface area (Å²) in [5.74, 6) is -0.238. The zero-order valence-electron chi connectivity index (χ0n) is 21.5. The molecule has 0 spiro atoms. The Morgan fingerprint density at radius 1 is 0.500 bits per heavy atom. The maximum Gasteiger partial charge on any atom is 0.123 e. The van der Waals surface area contributed by atoms with Gasteiger partial charge in [-0.25, -0.2) is 4.39 Å². The second-order valence-electron chi connectivity index (χ2n) is 9.76. The molecule has 0 unspecified atom stereocenters. The highest BCUT2D eigenvalue weighted by Crippen LogP contribution is 2.40. The van der Waals surface area contributed by atoms with Gasteiger partial charge in [0.2, 0.25) is 0 Å². The first kappa shape index (κ1) is 24.6. The Morgan fingerprint density at radius 2 is 1.07 bits per heavy atom. The highest BCUT2D eigenvalue weighted by molar-refractivity contribution is 14.1. The molecule has 0 aliphatic rings. The third-order valence-corrected chi connectivity index (χ3v) is 8.04. The monoisotopic (exact) mass is 630 g/mol. The normalized spacial score (nSPS) is 11.2. The molecule has 0 saturated carbocycles. The highest BCUT2D eigenvalue weighted by Gasteiger charge is 2.17. The molecule has 192 valence electrons. The Kier molecular flexibility index (Phi) is 6.33. The fourth-order valence-electron chi connectivity index (χ4n) is 5.44. The van der Waals surface area contributed by atoms with Crippen molar-refractivity contribution in [2.45, 2.75) is 0 Å². The van der Waals surface area contributed by atoms with Crippen molar-refractivity contribution < 1.29 is 4.39 Å². The standard InChI is InChI=1S/C36H24FIN2/c37-27-12-18-31(19-13-27)40-35-9-5-4-8-33(35)34-24-32(22-23-36(34)40)39(30-20-14-28(38)15-21-30)29-16-10-26(11-17-29)25-6-2-1-3-7-25/h1-24H. The van der Waals surface area contributed by atoms with Gasteiger partial charge in [0.15, 0.2) is 0 Å². The Labute approximate surface area is 246 Å². The minimum atomic E-state index is -0.238. The van der Waals surface area contributed by atoms with Crippen LogP contribution in [0.2, 0.25) is 0 Å². The van der Waals surface area contributed by atoms with E-state index in [1.165, 1.54) is 26.8 Å². The molecule has 0 fully saturated rings. The molecule has 1 aromatic heterocycles. The van der Waals surface area contributed by atoms with Gasteiger partial charge in [-0.2, -0.15) is 0 Å². The fraction of sp³-hybridized carbons (Fsp3) is 0. The van der Waals surface area contributed by atoms with Gasteiger partial charge in [-0.05, 0) is 119 Å². The van der Waals surface area contributed by atoms with E-state index in [9.17, 15) is 4.39 Å². The number of nitrogens with zero attached hydrogens (tertiary/aromatic N) is 2. The molecule has 7 rings (SSSR count). The average molecular weight is 631 g/mol. The first-order valence-corrected chi connectivity index (χ1v) is 14.2. The molecule has 0 aliphatic carbocycles. The molecule has 1 heterocycles. The van der Waals surface area contributed by atoms with E-state index in [-0.39, 0.29) is 5.82 Å². The average Bonchev–Trinajstić information content (AvgIpc) is 3.33. The number of fused-ring (bicyclic) bond motifs is 3. The Bertz CT molecular complexity index is 1940. The first-order chi connectivity index (χ1) is 19.7. The van der Waals surface area contributed by atoms with Crippen LogP contribution in [-0.2, 0) is 0 Å². The number of rotatable bonds is 5. The topological polar surface area (TPSA) is 8.17 Å². The minimum absolute atomic E-state index is 0.238. The van der Waals surface area contributed by atoms with E-state index in [4.69, 9.17) is 0 Å². The summed E-state index contributed by atoms with van der Waals surface area (Å²) in [7, 11) is 0. The number of hydrogen-bond acceptors (Lipinski definition) is 1. The van der Waals surface area contributed by atoms with Crippen LogP contribution in [0.5, 0.6) is 0 Å². The molecule has 0 aliphatic heterocycles. The number of hydrogen-bond donors (Lipinski definition) is 0. The van der Waals surface area contributed by atoms with Crippen LogP contribution in [0.25, 0.3) is 38.6 Å². The maximum atomic E-state index is 13.8. The van der Waals surface area contributed by atoms with Gasteiger partial charge >= 0.3 is 0 Å². The lowest BCUT2D eigenvalue weighted by Crippen LogP contribution is -2.10. The van der Waals surface area contributed by atoms with Crippen LogP contribution in [0.15, 0.2) is 146 Å². The fourth-order valence-corrected chi connectivity index (χ4v) is 5.80. The van der Waals surface area contributed by atoms with Crippen LogP contribution in [0, 0.1) is 9.39 Å². The molecule has 6 aromatic carbocycles. The Morgan fingerprint density at radius 3 is 1.80 bits per heavy atom. The van der Waals surface area contributed by atoms with E-state index in [1.54, 1.807) is 0 Å². The molecule has 40 heavy (non-hydrogen) atoms. The number of benzene rings is 6. The lowest BCUT2D eigenvalue weighted by atomic mass is 10.0. The zero-order valence-corrected chi connectivity index (χ0v) is 23.7. The first-order valence-electron chi connectivity index (χ1n) is 13.2. The van der Waals surface area contributed by atoms with Crippen molar-refractivity contribution in [3.8, 4) is 16.8 Å². The van der Waals surface area contributed by atoms with E-state index in [1.807, 2.05) is 24.3 Å². The van der Waals surface area contributed by atoms with E-state index in [0.29, 0.717) is 0 Å². The summed E-state index contributed by atoms with van der Waals surface area (Å²) < 4.78 is 17.2. The van der Waals surface area contributed by atoms with Crippen LogP contribution in [-0.4, -0.2) is 4.57 Å². The Balaban J connectivity index is 1.41. The lowest BCUT2D eigenvalue weighted by molar-refractivity contribution is 0.627. The van der Waals surface area contributed by atoms with E-state index in [0.717, 1.165) is 44.6 Å². The van der Waals surface area contributed by atoms with Gasteiger partial charge in [0, 0.05) is 37.1 Å². The van der Waals surface area contributed by atoms with Gasteiger partial charge < -0.3 is 9.47 Å².